The molecule has 0 atom stereocenters. The molecule has 0 saturated carbocycles. The van der Waals surface area contributed by atoms with Crippen LogP contribution < -0.4 is 4.74 Å². The van der Waals surface area contributed by atoms with Gasteiger partial charge in [-0.25, -0.2) is 4.98 Å². The Morgan fingerprint density at radius 3 is 2.90 bits per heavy atom. The van der Waals surface area contributed by atoms with Crippen molar-refractivity contribution in [1.82, 2.24) is 9.97 Å². The third kappa shape index (κ3) is 3.85. The van der Waals surface area contributed by atoms with Gasteiger partial charge in [-0.15, -0.1) is 0 Å². The molecule has 2 rings (SSSR count). The Kier molecular flexibility index (Phi) is 5.17. The Balaban J connectivity index is 1.86. The van der Waals surface area contributed by atoms with Gasteiger partial charge >= 0.3 is 5.97 Å². The SMILES string of the molecule is COC(=O)CCCCOc1ccccc1-c1ncc[nH]1. The molecule has 0 amide bonds. The number of aromatic nitrogens is 2. The number of unbranched alkanes of at least 4 members (excludes halogenated alkanes) is 1. The molecule has 0 fully saturated rings. The Morgan fingerprint density at radius 2 is 2.15 bits per heavy atom. The Bertz CT molecular complexity index is 538. The first-order chi connectivity index (χ1) is 9.81. The van der Waals surface area contributed by atoms with E-state index in [1.54, 1.807) is 12.4 Å². The maximum atomic E-state index is 11.0. The monoisotopic (exact) mass is 274 g/mol. The highest BCUT2D eigenvalue weighted by molar-refractivity contribution is 5.69. The topological polar surface area (TPSA) is 64.2 Å². The number of imidazole rings is 1. The fraction of sp³-hybridized carbons (Fsp3) is 0.333. The van der Waals surface area contributed by atoms with E-state index in [0.717, 1.165) is 30.0 Å². The minimum Gasteiger partial charge on any atom is -0.493 e. The van der Waals surface area contributed by atoms with Crippen molar-refractivity contribution in [2.45, 2.75) is 19.3 Å². The van der Waals surface area contributed by atoms with E-state index in [1.807, 2.05) is 24.3 Å². The number of hydrogen-bond donors (Lipinski definition) is 1. The van der Waals surface area contributed by atoms with Crippen LogP contribution in [0, 0.1) is 0 Å². The van der Waals surface area contributed by atoms with Crippen molar-refractivity contribution in [1.29, 1.82) is 0 Å². The van der Waals surface area contributed by atoms with E-state index < -0.39 is 0 Å². The van der Waals surface area contributed by atoms with Crippen molar-refractivity contribution in [2.75, 3.05) is 13.7 Å². The smallest absolute Gasteiger partial charge is 0.305 e. The van der Waals surface area contributed by atoms with Crippen LogP contribution in [0.5, 0.6) is 5.75 Å². The van der Waals surface area contributed by atoms with Gasteiger partial charge in [0.2, 0.25) is 0 Å². The lowest BCUT2D eigenvalue weighted by molar-refractivity contribution is -0.140. The third-order valence-corrected chi connectivity index (χ3v) is 2.90. The molecule has 5 nitrogen and oxygen atoms in total. The molecular formula is C15H18N2O3. The number of nitrogens with one attached hydrogen (secondary N) is 1. The Labute approximate surface area is 117 Å². The van der Waals surface area contributed by atoms with Gasteiger partial charge < -0.3 is 14.5 Å². The quantitative estimate of drug-likeness (QED) is 0.623. The number of rotatable bonds is 7. The second kappa shape index (κ2) is 7.33. The minimum absolute atomic E-state index is 0.180. The van der Waals surface area contributed by atoms with Gasteiger partial charge in [0, 0.05) is 18.8 Å². The lowest BCUT2D eigenvalue weighted by Gasteiger charge is -2.09. The summed E-state index contributed by atoms with van der Waals surface area (Å²) in [6, 6.07) is 7.75. The van der Waals surface area contributed by atoms with Gasteiger partial charge in [-0.1, -0.05) is 12.1 Å². The molecule has 0 unspecified atom stereocenters. The van der Waals surface area contributed by atoms with Crippen molar-refractivity contribution >= 4 is 5.97 Å². The summed E-state index contributed by atoms with van der Waals surface area (Å²) in [4.78, 5) is 18.3. The van der Waals surface area contributed by atoms with Crippen LogP contribution in [0.3, 0.4) is 0 Å². The number of methoxy groups -OCH3 is 1. The molecule has 0 aliphatic heterocycles. The van der Waals surface area contributed by atoms with Crippen LogP contribution in [0.1, 0.15) is 19.3 Å². The predicted molar refractivity (Wildman–Crippen MR) is 75.4 cm³/mol. The number of carbonyl (C=O) groups excluding carboxylic acids is 1. The maximum Gasteiger partial charge on any atom is 0.305 e. The summed E-state index contributed by atoms with van der Waals surface area (Å²) in [5.41, 5.74) is 0.936. The first kappa shape index (κ1) is 14.1. The lowest BCUT2D eigenvalue weighted by Crippen LogP contribution is -2.03. The molecule has 20 heavy (non-hydrogen) atoms. The Hall–Kier alpha value is -2.30. The second-order valence-corrected chi connectivity index (χ2v) is 4.32. The summed E-state index contributed by atoms with van der Waals surface area (Å²) in [6.45, 7) is 0.564. The fourth-order valence-corrected chi connectivity index (χ4v) is 1.86. The average molecular weight is 274 g/mol. The fourth-order valence-electron chi connectivity index (χ4n) is 1.86. The summed E-state index contributed by atoms with van der Waals surface area (Å²) >= 11 is 0. The normalized spacial score (nSPS) is 10.2. The summed E-state index contributed by atoms with van der Waals surface area (Å²) in [7, 11) is 1.40. The van der Waals surface area contributed by atoms with Gasteiger partial charge in [0.25, 0.3) is 0 Å². The molecule has 2 aromatic rings. The molecule has 106 valence electrons. The predicted octanol–water partition coefficient (Wildman–Crippen LogP) is 2.80. The number of para-hydroxylation sites is 1. The highest BCUT2D eigenvalue weighted by atomic mass is 16.5. The highest BCUT2D eigenvalue weighted by Crippen LogP contribution is 2.27. The molecule has 1 N–H and O–H groups in total. The van der Waals surface area contributed by atoms with Crippen LogP contribution in [-0.4, -0.2) is 29.7 Å². The standard InChI is InChI=1S/C15H18N2O3/c1-19-14(18)8-4-5-11-20-13-7-3-2-6-12(13)15-16-9-10-17-15/h2-3,6-7,9-10H,4-5,8,11H2,1H3,(H,16,17). The number of esters is 1. The summed E-state index contributed by atoms with van der Waals surface area (Å²) in [5.74, 6) is 1.40. The molecule has 0 bridgehead atoms. The molecular weight excluding hydrogens is 256 g/mol. The molecule has 0 spiro atoms. The van der Waals surface area contributed by atoms with Crippen LogP contribution in [-0.2, 0) is 9.53 Å². The van der Waals surface area contributed by atoms with Gasteiger partial charge in [-0.2, -0.15) is 0 Å². The van der Waals surface area contributed by atoms with Crippen LogP contribution in [0.2, 0.25) is 0 Å². The lowest BCUT2D eigenvalue weighted by atomic mass is 10.2. The number of nitrogens with zero attached hydrogens (tertiary/aromatic N) is 1. The van der Waals surface area contributed by atoms with E-state index in [2.05, 4.69) is 14.7 Å². The van der Waals surface area contributed by atoms with E-state index in [1.165, 1.54) is 7.11 Å². The van der Waals surface area contributed by atoms with Crippen molar-refractivity contribution in [3.8, 4) is 17.1 Å². The largest absolute Gasteiger partial charge is 0.493 e. The van der Waals surface area contributed by atoms with E-state index in [0.29, 0.717) is 13.0 Å². The molecule has 1 aromatic carbocycles. The van der Waals surface area contributed by atoms with Gasteiger partial charge in [-0.05, 0) is 25.0 Å². The van der Waals surface area contributed by atoms with Gasteiger partial charge in [0.15, 0.2) is 0 Å². The molecule has 5 heteroatoms. The molecule has 0 radical (unpaired) electrons. The molecule has 1 heterocycles. The van der Waals surface area contributed by atoms with E-state index >= 15 is 0 Å². The van der Waals surface area contributed by atoms with E-state index in [-0.39, 0.29) is 5.97 Å². The molecule has 0 saturated heterocycles. The number of hydrogen-bond acceptors (Lipinski definition) is 4. The Morgan fingerprint density at radius 1 is 1.30 bits per heavy atom. The first-order valence-electron chi connectivity index (χ1n) is 6.59. The summed E-state index contributed by atoms with van der Waals surface area (Å²) in [5, 5.41) is 0. The van der Waals surface area contributed by atoms with Crippen LogP contribution in [0.25, 0.3) is 11.4 Å². The maximum absolute atomic E-state index is 11.0. The first-order valence-corrected chi connectivity index (χ1v) is 6.59. The molecule has 1 aromatic heterocycles. The van der Waals surface area contributed by atoms with Crippen molar-refractivity contribution in [3.63, 3.8) is 0 Å². The number of ether oxygens (including phenoxy) is 2. The summed E-state index contributed by atoms with van der Waals surface area (Å²) < 4.78 is 10.4. The summed E-state index contributed by atoms with van der Waals surface area (Å²) in [6.07, 6.45) is 5.49. The molecule has 0 aliphatic carbocycles. The third-order valence-electron chi connectivity index (χ3n) is 2.90. The zero-order chi connectivity index (χ0) is 14.2. The second-order valence-electron chi connectivity index (χ2n) is 4.32. The number of benzene rings is 1. The van der Waals surface area contributed by atoms with Crippen LogP contribution in [0.15, 0.2) is 36.7 Å². The number of carbonyl (C=O) groups is 1. The van der Waals surface area contributed by atoms with Gasteiger partial charge in [-0.3, -0.25) is 4.79 Å². The van der Waals surface area contributed by atoms with Gasteiger partial charge in [0.1, 0.15) is 11.6 Å². The minimum atomic E-state index is -0.180. The van der Waals surface area contributed by atoms with Crippen molar-refractivity contribution in [3.05, 3.63) is 36.7 Å². The van der Waals surface area contributed by atoms with Crippen molar-refractivity contribution in [2.24, 2.45) is 0 Å². The van der Waals surface area contributed by atoms with Gasteiger partial charge in [0.05, 0.1) is 19.3 Å². The van der Waals surface area contributed by atoms with Crippen LogP contribution >= 0.6 is 0 Å². The zero-order valence-electron chi connectivity index (χ0n) is 11.5. The number of aromatic amines is 1. The molecule has 0 aliphatic rings. The van der Waals surface area contributed by atoms with E-state index in [9.17, 15) is 4.79 Å². The zero-order valence-corrected chi connectivity index (χ0v) is 11.5. The highest BCUT2D eigenvalue weighted by Gasteiger charge is 2.07. The van der Waals surface area contributed by atoms with E-state index in [4.69, 9.17) is 4.74 Å². The average Bonchev–Trinajstić information content (AvgIpc) is 3.01. The van der Waals surface area contributed by atoms with Crippen LogP contribution in [0.4, 0.5) is 0 Å². The number of H-pyrrole nitrogens is 1. The van der Waals surface area contributed by atoms with Crippen molar-refractivity contribution < 1.29 is 14.3 Å².